The van der Waals surface area contributed by atoms with Crippen molar-refractivity contribution in [1.82, 2.24) is 14.8 Å². The molecule has 30 heavy (non-hydrogen) atoms. The van der Waals surface area contributed by atoms with E-state index < -0.39 is 0 Å². The van der Waals surface area contributed by atoms with E-state index in [1.165, 1.54) is 6.33 Å². The predicted octanol–water partition coefficient (Wildman–Crippen LogP) is 4.52. The quantitative estimate of drug-likeness (QED) is 0.698. The molecule has 6 nitrogen and oxygen atoms in total. The molecular formula is C24H24N4O2. The van der Waals surface area contributed by atoms with Crippen molar-refractivity contribution in [2.24, 2.45) is 5.41 Å². The minimum Gasteiger partial charge on any atom is -0.489 e. The van der Waals surface area contributed by atoms with Crippen molar-refractivity contribution in [3.05, 3.63) is 83.3 Å². The van der Waals surface area contributed by atoms with Crippen LogP contribution in [0.5, 0.6) is 5.75 Å². The first-order chi connectivity index (χ1) is 14.5. The van der Waals surface area contributed by atoms with E-state index in [0.29, 0.717) is 19.0 Å². The van der Waals surface area contributed by atoms with Crippen LogP contribution in [0.1, 0.15) is 43.9 Å². The van der Waals surface area contributed by atoms with Gasteiger partial charge in [0, 0.05) is 17.7 Å². The van der Waals surface area contributed by atoms with Gasteiger partial charge < -0.3 is 10.1 Å². The average Bonchev–Trinajstić information content (AvgIpc) is 3.19. The van der Waals surface area contributed by atoms with Gasteiger partial charge in [-0.3, -0.25) is 4.79 Å². The number of hydrogen-bond donors (Lipinski definition) is 1. The predicted molar refractivity (Wildman–Crippen MR) is 114 cm³/mol. The minimum atomic E-state index is -0.303. The molecule has 0 unspecified atom stereocenters. The number of allylic oxidation sites excluding steroid dienone is 2. The highest BCUT2D eigenvalue weighted by molar-refractivity contribution is 6.00. The van der Waals surface area contributed by atoms with Crippen molar-refractivity contribution in [1.29, 1.82) is 0 Å². The van der Waals surface area contributed by atoms with Gasteiger partial charge >= 0.3 is 0 Å². The lowest BCUT2D eigenvalue weighted by molar-refractivity contribution is -0.118. The van der Waals surface area contributed by atoms with E-state index in [4.69, 9.17) is 4.74 Å². The number of rotatable bonds is 4. The SMILES string of the molecule is CC1(C)CC(=O)C2=C(C1)Nc1ncnn1[C@@H]2c1cccc(OCc2ccccc2)c1. The Hall–Kier alpha value is -3.41. The summed E-state index contributed by atoms with van der Waals surface area (Å²) in [6.07, 6.45) is 2.86. The Morgan fingerprint density at radius 3 is 2.80 bits per heavy atom. The van der Waals surface area contributed by atoms with E-state index in [2.05, 4.69) is 29.2 Å². The molecule has 0 saturated heterocycles. The van der Waals surface area contributed by atoms with Crippen LogP contribution in [-0.4, -0.2) is 20.5 Å². The van der Waals surface area contributed by atoms with E-state index in [-0.39, 0.29) is 17.2 Å². The number of aromatic nitrogens is 3. The van der Waals surface area contributed by atoms with Crippen molar-refractivity contribution in [2.45, 2.75) is 39.3 Å². The number of hydrogen-bond acceptors (Lipinski definition) is 5. The number of ether oxygens (including phenoxy) is 1. The first-order valence-corrected chi connectivity index (χ1v) is 10.2. The van der Waals surface area contributed by atoms with Crippen molar-refractivity contribution < 1.29 is 9.53 Å². The lowest BCUT2D eigenvalue weighted by atomic mass is 9.73. The van der Waals surface area contributed by atoms with E-state index in [1.54, 1.807) is 4.68 Å². The molecule has 1 aliphatic carbocycles. The van der Waals surface area contributed by atoms with Crippen LogP contribution in [0.2, 0.25) is 0 Å². The number of anilines is 1. The van der Waals surface area contributed by atoms with Crippen LogP contribution in [0.15, 0.2) is 72.2 Å². The smallest absolute Gasteiger partial charge is 0.226 e. The third-order valence-corrected chi connectivity index (χ3v) is 5.70. The van der Waals surface area contributed by atoms with Gasteiger partial charge in [-0.05, 0) is 35.1 Å². The van der Waals surface area contributed by atoms with Crippen LogP contribution in [0.3, 0.4) is 0 Å². The lowest BCUT2D eigenvalue weighted by Crippen LogP contribution is -2.36. The summed E-state index contributed by atoms with van der Waals surface area (Å²) < 4.78 is 7.82. The van der Waals surface area contributed by atoms with E-state index in [1.807, 2.05) is 54.6 Å². The first kappa shape index (κ1) is 18.6. The Bertz CT molecular complexity index is 1130. The summed E-state index contributed by atoms with van der Waals surface area (Å²) in [6.45, 7) is 4.75. The first-order valence-electron chi connectivity index (χ1n) is 10.2. The number of nitrogens with one attached hydrogen (secondary N) is 1. The second-order valence-corrected chi connectivity index (χ2v) is 8.74. The molecular weight excluding hydrogens is 376 g/mol. The number of ketones is 1. The Balaban J connectivity index is 1.51. The summed E-state index contributed by atoms with van der Waals surface area (Å²) >= 11 is 0. The second-order valence-electron chi connectivity index (χ2n) is 8.74. The Morgan fingerprint density at radius 1 is 1.13 bits per heavy atom. The van der Waals surface area contributed by atoms with Gasteiger partial charge in [0.1, 0.15) is 24.7 Å². The molecule has 0 fully saturated rings. The van der Waals surface area contributed by atoms with Crippen LogP contribution >= 0.6 is 0 Å². The number of carbonyl (C=O) groups is 1. The van der Waals surface area contributed by atoms with Crippen LogP contribution in [-0.2, 0) is 11.4 Å². The highest BCUT2D eigenvalue weighted by Gasteiger charge is 2.41. The van der Waals surface area contributed by atoms with Gasteiger partial charge in [-0.2, -0.15) is 10.1 Å². The molecule has 1 aliphatic heterocycles. The van der Waals surface area contributed by atoms with Crippen molar-refractivity contribution >= 4 is 11.7 Å². The summed E-state index contributed by atoms with van der Waals surface area (Å²) in [5.74, 6) is 1.60. The standard InChI is InChI=1S/C24H24N4O2/c1-24(2)12-19-21(20(29)13-24)22(28-23(27-19)25-15-26-28)17-9-6-10-18(11-17)30-14-16-7-4-3-5-8-16/h3-11,15,22H,12-14H2,1-2H3,(H,25,26,27)/t22-/m1/s1. The molecule has 2 aromatic carbocycles. The van der Waals surface area contributed by atoms with Gasteiger partial charge in [-0.15, -0.1) is 0 Å². The molecule has 1 atom stereocenters. The molecule has 0 radical (unpaired) electrons. The zero-order valence-corrected chi connectivity index (χ0v) is 17.1. The molecule has 0 spiro atoms. The maximum absolute atomic E-state index is 13.2. The number of nitrogens with zero attached hydrogens (tertiary/aromatic N) is 3. The molecule has 0 bridgehead atoms. The highest BCUT2D eigenvalue weighted by Crippen LogP contribution is 2.45. The molecule has 6 heteroatoms. The fourth-order valence-electron chi connectivity index (χ4n) is 4.37. The van der Waals surface area contributed by atoms with Gasteiger partial charge in [-0.25, -0.2) is 4.68 Å². The third-order valence-electron chi connectivity index (χ3n) is 5.70. The summed E-state index contributed by atoms with van der Waals surface area (Å²) in [7, 11) is 0. The second kappa shape index (κ2) is 7.13. The van der Waals surface area contributed by atoms with E-state index in [9.17, 15) is 4.79 Å². The van der Waals surface area contributed by atoms with Gasteiger partial charge in [0.15, 0.2) is 5.78 Å². The third kappa shape index (κ3) is 3.38. The zero-order valence-electron chi connectivity index (χ0n) is 17.1. The molecule has 0 saturated carbocycles. The highest BCUT2D eigenvalue weighted by atomic mass is 16.5. The summed E-state index contributed by atoms with van der Waals surface area (Å²) in [4.78, 5) is 17.5. The minimum absolute atomic E-state index is 0.0731. The van der Waals surface area contributed by atoms with Crippen LogP contribution in [0, 0.1) is 5.41 Å². The fourth-order valence-corrected chi connectivity index (χ4v) is 4.37. The number of benzene rings is 2. The Morgan fingerprint density at radius 2 is 1.97 bits per heavy atom. The van der Waals surface area contributed by atoms with Crippen molar-refractivity contribution in [3.63, 3.8) is 0 Å². The van der Waals surface area contributed by atoms with Crippen molar-refractivity contribution in [3.8, 4) is 5.75 Å². The van der Waals surface area contributed by atoms with Crippen molar-refractivity contribution in [2.75, 3.05) is 5.32 Å². The molecule has 2 heterocycles. The van der Waals surface area contributed by atoms with Crippen LogP contribution in [0.4, 0.5) is 5.95 Å². The van der Waals surface area contributed by atoms with Gasteiger partial charge in [0.25, 0.3) is 0 Å². The summed E-state index contributed by atoms with van der Waals surface area (Å²) in [5.41, 5.74) is 3.74. The molecule has 1 N–H and O–H groups in total. The normalized spacial score (nSPS) is 19.7. The molecule has 0 amide bonds. The molecule has 3 aromatic rings. The molecule has 5 rings (SSSR count). The van der Waals surface area contributed by atoms with E-state index >= 15 is 0 Å². The van der Waals surface area contributed by atoms with Gasteiger partial charge in [-0.1, -0.05) is 56.3 Å². The maximum Gasteiger partial charge on any atom is 0.226 e. The van der Waals surface area contributed by atoms with Gasteiger partial charge in [0.2, 0.25) is 5.95 Å². The Kier molecular flexibility index (Phi) is 4.42. The summed E-state index contributed by atoms with van der Waals surface area (Å²) in [6, 6.07) is 17.7. The summed E-state index contributed by atoms with van der Waals surface area (Å²) in [5, 5.41) is 7.76. The van der Waals surface area contributed by atoms with E-state index in [0.717, 1.165) is 34.6 Å². The number of fused-ring (bicyclic) bond motifs is 1. The lowest BCUT2D eigenvalue weighted by Gasteiger charge is -2.38. The Labute approximate surface area is 175 Å². The van der Waals surface area contributed by atoms with Gasteiger partial charge in [0.05, 0.1) is 0 Å². The number of carbonyl (C=O) groups excluding carboxylic acids is 1. The zero-order chi connectivity index (χ0) is 20.7. The maximum atomic E-state index is 13.2. The molecule has 152 valence electrons. The monoisotopic (exact) mass is 400 g/mol. The number of Topliss-reactive ketones (excluding diaryl/α,β-unsaturated/α-hetero) is 1. The fraction of sp³-hybridized carbons (Fsp3) is 0.292. The average molecular weight is 400 g/mol. The van der Waals surface area contributed by atoms with Crippen LogP contribution < -0.4 is 10.1 Å². The van der Waals surface area contributed by atoms with Crippen LogP contribution in [0.25, 0.3) is 0 Å². The molecule has 2 aliphatic rings. The molecule has 1 aromatic heterocycles. The topological polar surface area (TPSA) is 69.0 Å². The largest absolute Gasteiger partial charge is 0.489 e.